The van der Waals surface area contributed by atoms with Crippen LogP contribution in [0, 0.1) is 5.92 Å². The molecule has 1 aliphatic carbocycles. The number of amides is 3. The van der Waals surface area contributed by atoms with Crippen LogP contribution in [0.2, 0.25) is 0 Å². The van der Waals surface area contributed by atoms with E-state index in [4.69, 9.17) is 33.8 Å². The van der Waals surface area contributed by atoms with E-state index < -0.39 is 67.9 Å². The van der Waals surface area contributed by atoms with Crippen LogP contribution in [0.25, 0.3) is 11.2 Å². The van der Waals surface area contributed by atoms with Gasteiger partial charge in [0, 0.05) is 11.8 Å². The molecule has 6 aromatic rings. The van der Waals surface area contributed by atoms with Crippen molar-refractivity contribution in [3.8, 4) is 11.5 Å². The largest absolute Gasteiger partial charge is 0.497 e. The number of H-pyrrole nitrogens is 1. The van der Waals surface area contributed by atoms with Crippen molar-refractivity contribution in [2.75, 3.05) is 26.1 Å². The Hall–Kier alpha value is -6.63. The molecule has 18 nitrogen and oxygen atoms in total. The number of nitrogens with one attached hydrogen (secondary N) is 2. The quantitative estimate of drug-likeness (QED) is 0.0345. The zero-order valence-electron chi connectivity index (χ0n) is 37.1. The summed E-state index contributed by atoms with van der Waals surface area (Å²) in [4.78, 5) is 83.6. The van der Waals surface area contributed by atoms with Gasteiger partial charge in [0.05, 0.1) is 38.3 Å². The smallest absolute Gasteiger partial charge is 0.286 e. The summed E-state index contributed by atoms with van der Waals surface area (Å²) in [5, 5.41) is 3.28. The second-order valence-electron chi connectivity index (χ2n) is 16.4. The van der Waals surface area contributed by atoms with Crippen molar-refractivity contribution in [2.45, 2.75) is 63.3 Å². The van der Waals surface area contributed by atoms with Crippen LogP contribution < -0.4 is 25.9 Å². The molecular formula is C48H48N7O11P. The number of nitrogens with two attached hydrogens (primary N) is 1. The lowest BCUT2D eigenvalue weighted by Crippen LogP contribution is -2.45. The number of aromatic amines is 1. The number of nitrogens with zero attached hydrogens (tertiary/aromatic N) is 4. The molecule has 0 radical (unpaired) electrons. The third-order valence-corrected chi connectivity index (χ3v) is 12.5. The number of imide groups is 1. The predicted octanol–water partition coefficient (Wildman–Crippen LogP) is 6.21. The van der Waals surface area contributed by atoms with Crippen LogP contribution >= 0.6 is 8.53 Å². The number of methoxy groups -OCH3 is 2. The molecule has 1 fully saturated rings. The Morgan fingerprint density at radius 3 is 2.21 bits per heavy atom. The number of ether oxygens (including phenoxy) is 4. The number of allylic oxidation sites excluding steroid dienone is 2. The maximum atomic E-state index is 14.4. The van der Waals surface area contributed by atoms with Gasteiger partial charge >= 0.3 is 0 Å². The molecule has 346 valence electrons. The van der Waals surface area contributed by atoms with E-state index in [1.165, 1.54) is 10.9 Å². The number of hydrogen-bond acceptors (Lipinski definition) is 14. The standard InChI is InChI=1S/C48H48N7O11P/c1-6-7-13-32-33-22-23-34-37(36(32)33)45(59)55(44(34)58)65-40-39(66-67(49)60)35(64-46(40)54-25-50-38-41(54)51-47(53-43(38)57)52-42(56)26(2)3)24-63-48(27-11-9-8-10-12-27,28-14-18-30(61-4)19-15-28)29-16-20-31(62-5)21-17-29/h7-23,25-26,32,35,39-40,46,60H,6,24,49H2,1-5H3,(H2,51,52,53,56,57)/t32?,35-,39-,40-,46-,67?/m1/s1. The Labute approximate surface area is 385 Å². The summed E-state index contributed by atoms with van der Waals surface area (Å²) in [5.74, 6) is -1.35. The first kappa shape index (κ1) is 45.5. The molecule has 4 aromatic carbocycles. The van der Waals surface area contributed by atoms with Crippen molar-refractivity contribution < 1.29 is 47.6 Å². The summed E-state index contributed by atoms with van der Waals surface area (Å²) in [5.41, 5.74) is 8.01. The van der Waals surface area contributed by atoms with Gasteiger partial charge < -0.3 is 28.4 Å². The van der Waals surface area contributed by atoms with Crippen molar-refractivity contribution >= 4 is 43.4 Å². The first-order chi connectivity index (χ1) is 32.4. The number of hydroxylamine groups is 2. The molecule has 2 aliphatic heterocycles. The summed E-state index contributed by atoms with van der Waals surface area (Å²) >= 11 is 0. The molecule has 4 heterocycles. The summed E-state index contributed by atoms with van der Waals surface area (Å²) in [6.45, 7) is 5.07. The van der Waals surface area contributed by atoms with Crippen LogP contribution in [-0.4, -0.2) is 86.3 Å². The lowest BCUT2D eigenvalue weighted by molar-refractivity contribution is -0.175. The number of carbonyl (C=O) groups excluding carboxylic acids is 3. The van der Waals surface area contributed by atoms with Crippen molar-refractivity contribution in [1.82, 2.24) is 24.6 Å². The number of aromatic nitrogens is 4. The van der Waals surface area contributed by atoms with E-state index >= 15 is 0 Å². The summed E-state index contributed by atoms with van der Waals surface area (Å²) in [7, 11) is 0.486. The fraction of sp³-hybridized carbons (Fsp3) is 0.292. The van der Waals surface area contributed by atoms with Gasteiger partial charge in [-0.3, -0.25) is 44.4 Å². The van der Waals surface area contributed by atoms with E-state index in [0.29, 0.717) is 27.7 Å². The van der Waals surface area contributed by atoms with E-state index in [1.807, 2.05) is 104 Å². The number of benzene rings is 4. The Bertz CT molecular complexity index is 2880. The van der Waals surface area contributed by atoms with Crippen molar-refractivity contribution in [3.05, 3.63) is 159 Å². The Balaban J connectivity index is 1.16. The first-order valence-electron chi connectivity index (χ1n) is 21.6. The lowest BCUT2D eigenvalue weighted by atomic mass is 9.80. The third-order valence-electron chi connectivity index (χ3n) is 12.1. The lowest BCUT2D eigenvalue weighted by Gasteiger charge is -2.37. The summed E-state index contributed by atoms with van der Waals surface area (Å²) in [6.07, 6.45) is 0.650. The first-order valence-corrected chi connectivity index (χ1v) is 22.9. The second kappa shape index (κ2) is 18.6. The highest BCUT2D eigenvalue weighted by atomic mass is 31.2. The molecule has 1 saturated heterocycles. The van der Waals surface area contributed by atoms with Gasteiger partial charge in [-0.1, -0.05) is 93.6 Å². The van der Waals surface area contributed by atoms with Gasteiger partial charge in [-0.2, -0.15) is 4.98 Å². The Morgan fingerprint density at radius 1 is 0.940 bits per heavy atom. The molecule has 6 atom stereocenters. The average Bonchev–Trinajstić information content (AvgIpc) is 3.55. The molecule has 3 amide bonds. The molecule has 5 N–H and O–H groups in total. The minimum absolute atomic E-state index is 0.0476. The third kappa shape index (κ3) is 8.31. The number of rotatable bonds is 17. The van der Waals surface area contributed by atoms with Crippen molar-refractivity contribution in [1.29, 1.82) is 0 Å². The molecule has 0 saturated carbocycles. The monoisotopic (exact) mass is 929 g/mol. The fourth-order valence-electron chi connectivity index (χ4n) is 8.70. The Morgan fingerprint density at radius 2 is 1.60 bits per heavy atom. The van der Waals surface area contributed by atoms with Crippen molar-refractivity contribution in [2.24, 2.45) is 11.4 Å². The zero-order chi connectivity index (χ0) is 47.1. The highest BCUT2D eigenvalue weighted by Crippen LogP contribution is 2.51. The normalized spacial score (nSPS) is 20.4. The SMILES string of the molecule is CCC=CC1c2ccc3c(c21)C(=O)N(O[C@@H]1[C@H](OP(N)O)[C@@H](COC(c2ccccc2)(c2ccc(OC)cc2)c2ccc(OC)cc2)O[C@H]1n1cnc2c(=O)[nH]c(NC(=O)C(C)C)nc21)C3=O. The van der Waals surface area contributed by atoms with Gasteiger partial charge in [-0.05, 0) is 64.6 Å². The van der Waals surface area contributed by atoms with Crippen LogP contribution in [0.15, 0.2) is 114 Å². The van der Waals surface area contributed by atoms with Crippen LogP contribution in [0.3, 0.4) is 0 Å². The molecule has 3 aliphatic rings. The van der Waals surface area contributed by atoms with Gasteiger partial charge in [0.15, 0.2) is 23.5 Å². The number of fused-ring (bicyclic) bond motifs is 4. The number of carbonyl (C=O) groups is 3. The highest BCUT2D eigenvalue weighted by molar-refractivity contribution is 7.43. The second-order valence-corrected chi connectivity index (χ2v) is 17.2. The number of hydrogen-bond donors (Lipinski definition) is 4. The maximum Gasteiger partial charge on any atom is 0.286 e. The van der Waals surface area contributed by atoms with Crippen LogP contribution in [0.5, 0.6) is 11.5 Å². The predicted molar refractivity (Wildman–Crippen MR) is 245 cm³/mol. The van der Waals surface area contributed by atoms with E-state index in [0.717, 1.165) is 23.1 Å². The minimum Gasteiger partial charge on any atom is -0.497 e. The topological polar surface area (TPSA) is 232 Å². The van der Waals surface area contributed by atoms with Crippen molar-refractivity contribution in [3.63, 3.8) is 0 Å². The minimum atomic E-state index is -2.66. The molecule has 19 heteroatoms. The highest BCUT2D eigenvalue weighted by Gasteiger charge is 2.55. The zero-order valence-corrected chi connectivity index (χ0v) is 38.0. The van der Waals surface area contributed by atoms with E-state index in [2.05, 4.69) is 20.3 Å². The molecule has 9 rings (SSSR count). The molecule has 0 bridgehead atoms. The number of anilines is 1. The van der Waals surface area contributed by atoms with Gasteiger partial charge in [-0.15, -0.1) is 5.06 Å². The van der Waals surface area contributed by atoms with Gasteiger partial charge in [-0.25, -0.2) is 4.98 Å². The van der Waals surface area contributed by atoms with E-state index in [-0.39, 0.29) is 40.8 Å². The molecule has 2 unspecified atom stereocenters. The number of imidazole rings is 1. The van der Waals surface area contributed by atoms with Gasteiger partial charge in [0.25, 0.3) is 25.9 Å². The van der Waals surface area contributed by atoms with Crippen LogP contribution in [-0.2, 0) is 29.2 Å². The van der Waals surface area contributed by atoms with Gasteiger partial charge in [0.2, 0.25) is 11.9 Å². The molecule has 2 aromatic heterocycles. The molecule has 0 spiro atoms. The van der Waals surface area contributed by atoms with Crippen LogP contribution in [0.4, 0.5) is 5.95 Å². The van der Waals surface area contributed by atoms with Crippen LogP contribution in [0.1, 0.15) is 87.9 Å². The fourth-order valence-corrected chi connectivity index (χ4v) is 9.20. The van der Waals surface area contributed by atoms with E-state index in [9.17, 15) is 24.1 Å². The summed E-state index contributed by atoms with van der Waals surface area (Å²) in [6, 6.07) is 27.7. The Kier molecular flexibility index (Phi) is 12.6. The van der Waals surface area contributed by atoms with Gasteiger partial charge in [0.1, 0.15) is 29.3 Å². The maximum absolute atomic E-state index is 14.4. The van der Waals surface area contributed by atoms with E-state index in [1.54, 1.807) is 34.1 Å². The molecular weight excluding hydrogens is 882 g/mol. The molecule has 67 heavy (non-hydrogen) atoms. The average molecular weight is 930 g/mol. The summed E-state index contributed by atoms with van der Waals surface area (Å²) < 4.78 is 32.5.